The van der Waals surface area contributed by atoms with E-state index in [0.717, 1.165) is 32.2 Å². The summed E-state index contributed by atoms with van der Waals surface area (Å²) in [7, 11) is 0. The summed E-state index contributed by atoms with van der Waals surface area (Å²) in [5.41, 5.74) is 7.21. The minimum absolute atomic E-state index is 0.0315. The molecule has 1 atom stereocenters. The molecule has 2 aromatic rings. The highest BCUT2D eigenvalue weighted by atomic mass is 19.1. The summed E-state index contributed by atoms with van der Waals surface area (Å²) >= 11 is 0. The van der Waals surface area contributed by atoms with E-state index in [2.05, 4.69) is 4.98 Å². The molecule has 154 valence electrons. The van der Waals surface area contributed by atoms with Crippen LogP contribution in [0.5, 0.6) is 0 Å². The van der Waals surface area contributed by atoms with Crippen LogP contribution in [-0.4, -0.2) is 34.8 Å². The van der Waals surface area contributed by atoms with Gasteiger partial charge in [0.1, 0.15) is 5.82 Å². The Balaban J connectivity index is 1.56. The lowest BCUT2D eigenvalue weighted by atomic mass is 9.86. The van der Waals surface area contributed by atoms with Crippen LogP contribution in [0.4, 0.5) is 4.39 Å². The second kappa shape index (κ2) is 8.47. The number of primary amides is 1. The van der Waals surface area contributed by atoms with E-state index in [1.165, 1.54) is 31.4 Å². The minimum atomic E-state index is -0.565. The van der Waals surface area contributed by atoms with Crippen LogP contribution in [0.25, 0.3) is 10.9 Å². The van der Waals surface area contributed by atoms with Gasteiger partial charge in [-0.25, -0.2) is 4.39 Å². The molecule has 29 heavy (non-hydrogen) atoms. The normalized spacial score (nSPS) is 20.7. The molecular formula is C23H28FN3O2. The molecule has 5 nitrogen and oxygen atoms in total. The Morgan fingerprint density at radius 2 is 1.90 bits per heavy atom. The largest absolute Gasteiger partial charge is 0.366 e. The van der Waals surface area contributed by atoms with Crippen molar-refractivity contribution in [3.8, 4) is 0 Å². The Kier molecular flexibility index (Phi) is 5.79. The highest BCUT2D eigenvalue weighted by molar-refractivity contribution is 5.97. The second-order valence-corrected chi connectivity index (χ2v) is 8.51. The molecule has 1 aliphatic carbocycles. The van der Waals surface area contributed by atoms with Crippen LogP contribution in [0.15, 0.2) is 24.3 Å². The van der Waals surface area contributed by atoms with Crippen molar-refractivity contribution in [2.24, 2.45) is 11.7 Å². The number of rotatable bonds is 4. The quantitative estimate of drug-likeness (QED) is 0.842. The number of benzene rings is 1. The molecule has 1 unspecified atom stereocenters. The number of piperidine rings is 1. The van der Waals surface area contributed by atoms with Crippen molar-refractivity contribution in [2.75, 3.05) is 13.1 Å². The van der Waals surface area contributed by atoms with Gasteiger partial charge in [-0.05, 0) is 55.9 Å². The number of fused-ring (bicyclic) bond motifs is 1. The van der Waals surface area contributed by atoms with E-state index in [1.54, 1.807) is 12.1 Å². The molecule has 1 aliphatic heterocycles. The van der Waals surface area contributed by atoms with Crippen molar-refractivity contribution in [1.29, 1.82) is 0 Å². The van der Waals surface area contributed by atoms with E-state index in [4.69, 9.17) is 5.73 Å². The number of nitrogens with zero attached hydrogens (tertiary/aromatic N) is 2. The predicted molar refractivity (Wildman–Crippen MR) is 110 cm³/mol. The summed E-state index contributed by atoms with van der Waals surface area (Å²) in [6.45, 7) is 1.32. The number of hydrogen-bond acceptors (Lipinski definition) is 3. The van der Waals surface area contributed by atoms with Gasteiger partial charge in [-0.3, -0.25) is 14.6 Å². The average Bonchev–Trinajstić information content (AvgIpc) is 2.73. The highest BCUT2D eigenvalue weighted by Gasteiger charge is 2.30. The molecule has 2 amide bonds. The van der Waals surface area contributed by atoms with Crippen molar-refractivity contribution >= 4 is 22.7 Å². The van der Waals surface area contributed by atoms with E-state index in [9.17, 15) is 14.0 Å². The Hall–Kier alpha value is -2.50. The molecule has 1 aromatic carbocycles. The molecule has 2 heterocycles. The maximum absolute atomic E-state index is 13.6. The molecule has 2 N–H and O–H groups in total. The van der Waals surface area contributed by atoms with Gasteiger partial charge in [0.25, 0.3) is 5.91 Å². The fourth-order valence-electron chi connectivity index (χ4n) is 4.86. The number of aromatic nitrogens is 1. The van der Waals surface area contributed by atoms with Crippen LogP contribution in [0.1, 0.15) is 73.3 Å². The Labute approximate surface area is 170 Å². The van der Waals surface area contributed by atoms with E-state index in [-0.39, 0.29) is 17.6 Å². The zero-order chi connectivity index (χ0) is 20.4. The first-order valence-corrected chi connectivity index (χ1v) is 10.7. The molecule has 1 aromatic heterocycles. The fraction of sp³-hybridized carbons (Fsp3) is 0.522. The fourth-order valence-corrected chi connectivity index (χ4v) is 4.86. The van der Waals surface area contributed by atoms with Gasteiger partial charge in [0.05, 0.1) is 16.8 Å². The van der Waals surface area contributed by atoms with Gasteiger partial charge in [-0.15, -0.1) is 0 Å². The first kappa shape index (κ1) is 19.8. The number of amides is 2. The van der Waals surface area contributed by atoms with Crippen LogP contribution in [-0.2, 0) is 4.79 Å². The van der Waals surface area contributed by atoms with Gasteiger partial charge in [0.2, 0.25) is 5.91 Å². The molecule has 2 aliphatic rings. The first-order valence-electron chi connectivity index (χ1n) is 10.7. The lowest BCUT2D eigenvalue weighted by molar-refractivity contribution is -0.133. The third-order valence-corrected chi connectivity index (χ3v) is 6.42. The van der Waals surface area contributed by atoms with Crippen LogP contribution in [0.2, 0.25) is 0 Å². The molecule has 0 radical (unpaired) electrons. The lowest BCUT2D eigenvalue weighted by Gasteiger charge is -2.34. The van der Waals surface area contributed by atoms with Crippen molar-refractivity contribution < 1.29 is 14.0 Å². The predicted octanol–water partition coefficient (Wildman–Crippen LogP) is 4.15. The Morgan fingerprint density at radius 3 is 2.66 bits per heavy atom. The Bertz CT molecular complexity index is 924. The summed E-state index contributed by atoms with van der Waals surface area (Å²) in [5.74, 6) is -0.253. The molecule has 1 saturated carbocycles. The van der Waals surface area contributed by atoms with Gasteiger partial charge >= 0.3 is 0 Å². The van der Waals surface area contributed by atoms with E-state index in [0.29, 0.717) is 41.0 Å². The minimum Gasteiger partial charge on any atom is -0.366 e. The van der Waals surface area contributed by atoms with Gasteiger partial charge in [-0.2, -0.15) is 0 Å². The SMILES string of the molecule is NC(=O)c1cc2cc(F)ccc2nc1C1CCCN(C(=O)CC2CCCCC2)C1. The summed E-state index contributed by atoms with van der Waals surface area (Å²) < 4.78 is 13.6. The van der Waals surface area contributed by atoms with Crippen LogP contribution in [0, 0.1) is 11.7 Å². The molecule has 6 heteroatoms. The standard InChI is InChI=1S/C23H28FN3O2/c24-18-8-9-20-17(12-18)13-19(23(25)29)22(26-20)16-7-4-10-27(14-16)21(28)11-15-5-2-1-3-6-15/h8-9,12-13,15-16H,1-7,10-11,14H2,(H2,25,29). The molecule has 4 rings (SSSR count). The van der Waals surface area contributed by atoms with Crippen molar-refractivity contribution in [3.63, 3.8) is 0 Å². The molecule has 1 saturated heterocycles. The van der Waals surface area contributed by atoms with Crippen LogP contribution >= 0.6 is 0 Å². The third kappa shape index (κ3) is 4.41. The number of halogens is 1. The summed E-state index contributed by atoms with van der Waals surface area (Å²) in [6, 6.07) is 5.98. The summed E-state index contributed by atoms with van der Waals surface area (Å²) in [5, 5.41) is 0.559. The van der Waals surface area contributed by atoms with Crippen LogP contribution < -0.4 is 5.73 Å². The van der Waals surface area contributed by atoms with Crippen molar-refractivity contribution in [1.82, 2.24) is 9.88 Å². The number of pyridine rings is 1. The number of carbonyl (C=O) groups excluding carboxylic acids is 2. The highest BCUT2D eigenvalue weighted by Crippen LogP contribution is 2.32. The van der Waals surface area contributed by atoms with Gasteiger partial charge in [0.15, 0.2) is 0 Å². The monoisotopic (exact) mass is 397 g/mol. The maximum atomic E-state index is 13.6. The lowest BCUT2D eigenvalue weighted by Crippen LogP contribution is -2.40. The first-order chi connectivity index (χ1) is 14.0. The van der Waals surface area contributed by atoms with E-state index < -0.39 is 5.91 Å². The zero-order valence-corrected chi connectivity index (χ0v) is 16.7. The van der Waals surface area contributed by atoms with Crippen molar-refractivity contribution in [3.05, 3.63) is 41.3 Å². The molecular weight excluding hydrogens is 369 g/mol. The Morgan fingerprint density at radius 1 is 1.10 bits per heavy atom. The average molecular weight is 397 g/mol. The molecule has 0 bridgehead atoms. The number of carbonyl (C=O) groups is 2. The van der Waals surface area contributed by atoms with Gasteiger partial charge < -0.3 is 10.6 Å². The van der Waals surface area contributed by atoms with Gasteiger partial charge in [-0.1, -0.05) is 19.3 Å². The van der Waals surface area contributed by atoms with Crippen molar-refractivity contribution in [2.45, 2.75) is 57.3 Å². The van der Waals surface area contributed by atoms with Crippen LogP contribution in [0.3, 0.4) is 0 Å². The maximum Gasteiger partial charge on any atom is 0.250 e. The number of nitrogens with two attached hydrogens (primary N) is 1. The number of hydrogen-bond donors (Lipinski definition) is 1. The molecule has 2 fully saturated rings. The third-order valence-electron chi connectivity index (χ3n) is 6.42. The smallest absolute Gasteiger partial charge is 0.250 e. The zero-order valence-electron chi connectivity index (χ0n) is 16.7. The second-order valence-electron chi connectivity index (χ2n) is 8.51. The molecule has 0 spiro atoms. The number of likely N-dealkylation sites (tertiary alicyclic amines) is 1. The van der Waals surface area contributed by atoms with E-state index >= 15 is 0 Å². The van der Waals surface area contributed by atoms with Gasteiger partial charge in [0, 0.05) is 30.8 Å². The summed E-state index contributed by atoms with van der Waals surface area (Å²) in [4.78, 5) is 31.6. The summed E-state index contributed by atoms with van der Waals surface area (Å²) in [6.07, 6.45) is 8.39. The topological polar surface area (TPSA) is 76.3 Å². The van der Waals surface area contributed by atoms with E-state index in [1.807, 2.05) is 4.90 Å².